The number of hydrogen-bond donors (Lipinski definition) is 1. The maximum Gasteiger partial charge on any atom is 0.573 e. The molecule has 0 saturated carbocycles. The molecular formula is C22H18F3N3O4. The van der Waals surface area contributed by atoms with Gasteiger partial charge in [0.2, 0.25) is 0 Å². The Hall–Kier alpha value is -3.95. The van der Waals surface area contributed by atoms with Crippen LogP contribution in [-0.2, 0) is 25.0 Å². The summed E-state index contributed by atoms with van der Waals surface area (Å²) in [7, 11) is 1.75. The fourth-order valence-corrected chi connectivity index (χ4v) is 3.32. The van der Waals surface area contributed by atoms with E-state index in [2.05, 4.69) is 9.84 Å². The van der Waals surface area contributed by atoms with Crippen molar-refractivity contribution in [3.05, 3.63) is 66.5 Å². The van der Waals surface area contributed by atoms with Gasteiger partial charge in [-0.05, 0) is 54.6 Å². The van der Waals surface area contributed by atoms with Crippen LogP contribution >= 0.6 is 0 Å². The van der Waals surface area contributed by atoms with Gasteiger partial charge in [-0.3, -0.25) is 9.48 Å². The van der Waals surface area contributed by atoms with Gasteiger partial charge in [0.15, 0.2) is 0 Å². The van der Waals surface area contributed by atoms with Gasteiger partial charge in [-0.2, -0.15) is 5.10 Å². The van der Waals surface area contributed by atoms with Gasteiger partial charge in [0, 0.05) is 29.7 Å². The summed E-state index contributed by atoms with van der Waals surface area (Å²) >= 11 is 0. The third-order valence-electron chi connectivity index (χ3n) is 4.80. The van der Waals surface area contributed by atoms with Crippen molar-refractivity contribution in [1.29, 1.82) is 0 Å². The first kappa shape index (κ1) is 21.3. The van der Waals surface area contributed by atoms with E-state index in [9.17, 15) is 18.0 Å². The summed E-state index contributed by atoms with van der Waals surface area (Å²) in [5.41, 5.74) is 2.79. The maximum atomic E-state index is 12.3. The molecule has 0 aliphatic carbocycles. The third kappa shape index (κ3) is 4.85. The Bertz CT molecular complexity index is 1260. The topological polar surface area (TPSA) is 78.5 Å². The zero-order valence-corrected chi connectivity index (χ0v) is 16.8. The zero-order valence-electron chi connectivity index (χ0n) is 16.8. The molecule has 0 aliphatic heterocycles. The van der Waals surface area contributed by atoms with Crippen molar-refractivity contribution in [3.8, 4) is 22.8 Å². The Kier molecular flexibility index (Phi) is 5.52. The maximum absolute atomic E-state index is 12.3. The van der Waals surface area contributed by atoms with Crippen LogP contribution in [0.4, 0.5) is 13.2 Å². The molecule has 0 fully saturated rings. The minimum atomic E-state index is -4.74. The molecule has 0 saturated heterocycles. The standard InChI is InChI=1S/C22H18F3N3O4/c1-27-16(11-19(26-27)14-2-4-17(5-3-14)32-22(23,24)25)13-31-18-6-7-20-15(10-18)8-9-28(20)12-21(29)30/h2-11H,12-13H2,1H3,(H,29,30). The van der Waals surface area contributed by atoms with Gasteiger partial charge in [0.1, 0.15) is 24.7 Å². The molecule has 2 aromatic heterocycles. The van der Waals surface area contributed by atoms with Gasteiger partial charge in [-0.15, -0.1) is 13.2 Å². The number of hydrogen-bond acceptors (Lipinski definition) is 4. The number of carboxylic acid groups (broad SMARTS) is 1. The Morgan fingerprint density at radius 3 is 2.47 bits per heavy atom. The highest BCUT2D eigenvalue weighted by atomic mass is 19.4. The van der Waals surface area contributed by atoms with Crippen molar-refractivity contribution in [3.63, 3.8) is 0 Å². The molecule has 0 radical (unpaired) electrons. The predicted octanol–water partition coefficient (Wildman–Crippen LogP) is 4.60. The molecule has 4 rings (SSSR count). The van der Waals surface area contributed by atoms with E-state index in [4.69, 9.17) is 9.84 Å². The quantitative estimate of drug-likeness (QED) is 0.450. The lowest BCUT2D eigenvalue weighted by atomic mass is 10.1. The number of aliphatic carboxylic acids is 1. The van der Waals surface area contributed by atoms with Gasteiger partial charge < -0.3 is 19.1 Å². The molecule has 10 heteroatoms. The van der Waals surface area contributed by atoms with Crippen molar-refractivity contribution in [2.24, 2.45) is 7.05 Å². The van der Waals surface area contributed by atoms with Crippen LogP contribution in [0.15, 0.2) is 60.8 Å². The predicted molar refractivity (Wildman–Crippen MR) is 109 cm³/mol. The number of rotatable bonds is 7. The minimum Gasteiger partial charge on any atom is -0.487 e. The molecular weight excluding hydrogens is 427 g/mol. The van der Waals surface area contributed by atoms with E-state index in [0.29, 0.717) is 17.0 Å². The van der Waals surface area contributed by atoms with Gasteiger partial charge in [-0.1, -0.05) is 0 Å². The average molecular weight is 445 g/mol. The van der Waals surface area contributed by atoms with Crippen molar-refractivity contribution in [2.45, 2.75) is 19.5 Å². The van der Waals surface area contributed by atoms with E-state index in [1.165, 1.54) is 24.3 Å². The van der Waals surface area contributed by atoms with E-state index >= 15 is 0 Å². The lowest BCUT2D eigenvalue weighted by Crippen LogP contribution is -2.16. The van der Waals surface area contributed by atoms with E-state index in [1.54, 1.807) is 40.7 Å². The number of benzene rings is 2. The first-order chi connectivity index (χ1) is 15.2. The second kappa shape index (κ2) is 8.29. The zero-order chi connectivity index (χ0) is 22.9. The van der Waals surface area contributed by atoms with Crippen LogP contribution in [0.25, 0.3) is 22.2 Å². The number of nitrogens with zero attached hydrogens (tertiary/aromatic N) is 3. The van der Waals surface area contributed by atoms with Crippen LogP contribution in [0.1, 0.15) is 5.69 Å². The highest BCUT2D eigenvalue weighted by Gasteiger charge is 2.31. The SMILES string of the molecule is Cn1nc(-c2ccc(OC(F)(F)F)cc2)cc1COc1ccc2c(ccn2CC(=O)O)c1. The summed E-state index contributed by atoms with van der Waals surface area (Å²) in [4.78, 5) is 10.9. The second-order valence-electron chi connectivity index (χ2n) is 7.06. The molecule has 0 aliphatic rings. The summed E-state index contributed by atoms with van der Waals surface area (Å²) in [6.45, 7) is 0.102. The van der Waals surface area contributed by atoms with Gasteiger partial charge in [0.25, 0.3) is 0 Å². The number of carbonyl (C=O) groups is 1. The monoisotopic (exact) mass is 445 g/mol. The van der Waals surface area contributed by atoms with Crippen molar-refractivity contribution < 1.29 is 32.5 Å². The Labute approximate surface area is 180 Å². The van der Waals surface area contributed by atoms with E-state index in [-0.39, 0.29) is 18.9 Å². The number of halogens is 3. The fraction of sp³-hybridized carbons (Fsp3) is 0.182. The molecule has 0 amide bonds. The van der Waals surface area contributed by atoms with Crippen LogP contribution < -0.4 is 9.47 Å². The van der Waals surface area contributed by atoms with E-state index in [1.807, 2.05) is 12.1 Å². The smallest absolute Gasteiger partial charge is 0.487 e. The molecule has 0 spiro atoms. The number of fused-ring (bicyclic) bond motifs is 1. The van der Waals surface area contributed by atoms with Crippen molar-refractivity contribution in [2.75, 3.05) is 0 Å². The minimum absolute atomic E-state index is 0.120. The number of aromatic nitrogens is 3. The number of ether oxygens (including phenoxy) is 2. The third-order valence-corrected chi connectivity index (χ3v) is 4.80. The largest absolute Gasteiger partial charge is 0.573 e. The fourth-order valence-electron chi connectivity index (χ4n) is 3.32. The van der Waals surface area contributed by atoms with Crippen molar-refractivity contribution in [1.82, 2.24) is 14.3 Å². The number of alkyl halides is 3. The Morgan fingerprint density at radius 1 is 1.06 bits per heavy atom. The van der Waals surface area contributed by atoms with E-state index in [0.717, 1.165) is 16.6 Å². The molecule has 1 N–H and O–H groups in total. The van der Waals surface area contributed by atoms with E-state index < -0.39 is 12.3 Å². The highest BCUT2D eigenvalue weighted by molar-refractivity contribution is 5.83. The van der Waals surface area contributed by atoms with Gasteiger partial charge >= 0.3 is 12.3 Å². The summed E-state index contributed by atoms with van der Waals surface area (Å²) in [6.07, 6.45) is -3.03. The number of aryl methyl sites for hydroxylation is 1. The summed E-state index contributed by atoms with van der Waals surface area (Å²) < 4.78 is 49.9. The molecule has 0 atom stereocenters. The van der Waals surface area contributed by atoms with Crippen LogP contribution in [0.5, 0.6) is 11.5 Å². The molecule has 32 heavy (non-hydrogen) atoms. The second-order valence-corrected chi connectivity index (χ2v) is 7.06. The molecule has 7 nitrogen and oxygen atoms in total. The van der Waals surface area contributed by atoms with Crippen LogP contribution in [-0.4, -0.2) is 31.8 Å². The molecule has 4 aromatic rings. The lowest BCUT2D eigenvalue weighted by molar-refractivity contribution is -0.274. The average Bonchev–Trinajstić information content (AvgIpc) is 3.28. The molecule has 0 bridgehead atoms. The van der Waals surface area contributed by atoms with Crippen LogP contribution in [0, 0.1) is 0 Å². The first-order valence-corrected chi connectivity index (χ1v) is 9.50. The summed E-state index contributed by atoms with van der Waals surface area (Å²) in [5.74, 6) is -0.604. The summed E-state index contributed by atoms with van der Waals surface area (Å²) in [6, 6.07) is 14.5. The Balaban J connectivity index is 1.45. The first-order valence-electron chi connectivity index (χ1n) is 9.50. The molecule has 0 unspecified atom stereocenters. The van der Waals surface area contributed by atoms with Gasteiger partial charge in [-0.25, -0.2) is 0 Å². The Morgan fingerprint density at radius 2 is 1.78 bits per heavy atom. The number of carboxylic acids is 1. The highest BCUT2D eigenvalue weighted by Crippen LogP contribution is 2.27. The van der Waals surface area contributed by atoms with Crippen molar-refractivity contribution >= 4 is 16.9 Å². The molecule has 2 aromatic carbocycles. The van der Waals surface area contributed by atoms with Crippen LogP contribution in [0.3, 0.4) is 0 Å². The molecule has 2 heterocycles. The normalized spacial score (nSPS) is 11.6. The van der Waals surface area contributed by atoms with Crippen LogP contribution in [0.2, 0.25) is 0 Å². The van der Waals surface area contributed by atoms with Gasteiger partial charge in [0.05, 0.1) is 11.4 Å². The lowest BCUT2D eigenvalue weighted by Gasteiger charge is -2.08. The summed E-state index contributed by atoms with van der Waals surface area (Å²) in [5, 5.41) is 14.2. The molecule has 166 valence electrons.